The molecule has 1 fully saturated rings. The second-order valence-corrected chi connectivity index (χ2v) is 8.02. The first-order chi connectivity index (χ1) is 15.0. The quantitative estimate of drug-likeness (QED) is 0.638. The van der Waals surface area contributed by atoms with Crippen LogP contribution in [0.2, 0.25) is 5.02 Å². The molecule has 0 N–H and O–H groups in total. The molecule has 164 valence electrons. The first kappa shape index (κ1) is 21.5. The van der Waals surface area contributed by atoms with E-state index in [0.29, 0.717) is 44.0 Å². The Hall–Kier alpha value is -2.77. The van der Waals surface area contributed by atoms with Gasteiger partial charge in [-0.3, -0.25) is 9.69 Å². The van der Waals surface area contributed by atoms with Crippen molar-refractivity contribution in [3.8, 4) is 11.5 Å². The van der Waals surface area contributed by atoms with E-state index in [1.54, 1.807) is 12.1 Å². The second kappa shape index (κ2) is 9.58. The summed E-state index contributed by atoms with van der Waals surface area (Å²) in [5.74, 6) is 1.27. The van der Waals surface area contributed by atoms with Crippen LogP contribution in [0.5, 0.6) is 11.5 Å². The monoisotopic (exact) mass is 444 g/mol. The van der Waals surface area contributed by atoms with Crippen molar-refractivity contribution in [3.05, 3.63) is 58.6 Å². The van der Waals surface area contributed by atoms with Gasteiger partial charge in [0.25, 0.3) is 0 Å². The van der Waals surface area contributed by atoms with Crippen molar-refractivity contribution in [2.24, 2.45) is 0 Å². The highest BCUT2D eigenvalue weighted by Crippen LogP contribution is 2.33. The minimum Gasteiger partial charge on any atom is -0.468 e. The van der Waals surface area contributed by atoms with Crippen LogP contribution in [-0.4, -0.2) is 61.8 Å². The number of nitrogens with zero attached hydrogens (tertiary/aromatic N) is 2. The predicted octanol–water partition coefficient (Wildman–Crippen LogP) is 3.06. The van der Waals surface area contributed by atoms with Crippen molar-refractivity contribution in [1.82, 2.24) is 9.80 Å². The zero-order valence-corrected chi connectivity index (χ0v) is 18.1. The van der Waals surface area contributed by atoms with Crippen LogP contribution in [0.25, 0.3) is 0 Å². The van der Waals surface area contributed by atoms with E-state index in [9.17, 15) is 9.59 Å². The van der Waals surface area contributed by atoms with Crippen LogP contribution in [0.15, 0.2) is 42.5 Å². The molecule has 1 amide bonds. The number of carbonyl (C=O) groups excluding carboxylic acids is 2. The van der Waals surface area contributed by atoms with Crippen molar-refractivity contribution >= 4 is 23.5 Å². The molecule has 2 aliphatic heterocycles. The van der Waals surface area contributed by atoms with E-state index in [1.165, 1.54) is 7.11 Å². The van der Waals surface area contributed by atoms with Crippen LogP contribution < -0.4 is 9.47 Å². The number of carbonyl (C=O) groups is 2. The summed E-state index contributed by atoms with van der Waals surface area (Å²) in [6.45, 7) is 2.57. The highest BCUT2D eigenvalue weighted by molar-refractivity contribution is 6.30. The first-order valence-electron chi connectivity index (χ1n) is 10.3. The normalized spacial score (nSPS) is 16.8. The lowest BCUT2D eigenvalue weighted by Gasteiger charge is -2.38. The van der Waals surface area contributed by atoms with E-state index >= 15 is 0 Å². The largest absolute Gasteiger partial charge is 0.468 e. The number of benzene rings is 2. The van der Waals surface area contributed by atoms with Gasteiger partial charge in [0.1, 0.15) is 6.04 Å². The van der Waals surface area contributed by atoms with Crippen molar-refractivity contribution in [2.45, 2.75) is 18.9 Å². The minimum atomic E-state index is -0.506. The lowest BCUT2D eigenvalue weighted by Crippen LogP contribution is -2.51. The van der Waals surface area contributed by atoms with Crippen LogP contribution >= 0.6 is 11.6 Å². The molecule has 7 nitrogen and oxygen atoms in total. The summed E-state index contributed by atoms with van der Waals surface area (Å²) in [5.41, 5.74) is 1.88. The minimum absolute atomic E-state index is 0.110. The Morgan fingerprint density at radius 3 is 2.45 bits per heavy atom. The van der Waals surface area contributed by atoms with Gasteiger partial charge in [-0.25, -0.2) is 4.79 Å². The predicted molar refractivity (Wildman–Crippen MR) is 115 cm³/mol. The second-order valence-electron chi connectivity index (χ2n) is 7.58. The van der Waals surface area contributed by atoms with Crippen molar-refractivity contribution in [3.63, 3.8) is 0 Å². The molecular formula is C23H25ClN2O5. The number of methoxy groups -OCH3 is 1. The Morgan fingerprint density at radius 1 is 1.03 bits per heavy atom. The Bertz CT molecular complexity index is 941. The smallest absolute Gasteiger partial charge is 0.327 e. The van der Waals surface area contributed by atoms with Gasteiger partial charge in [-0.2, -0.15) is 0 Å². The summed E-state index contributed by atoms with van der Waals surface area (Å²) in [6.07, 6.45) is 1.07. The third kappa shape index (κ3) is 4.94. The number of halogens is 1. The Balaban J connectivity index is 1.33. The lowest BCUT2D eigenvalue weighted by atomic mass is 10.0. The van der Waals surface area contributed by atoms with Crippen molar-refractivity contribution < 1.29 is 23.8 Å². The summed E-state index contributed by atoms with van der Waals surface area (Å²) >= 11 is 5.98. The molecule has 1 saturated heterocycles. The molecule has 2 aromatic rings. The van der Waals surface area contributed by atoms with Gasteiger partial charge in [-0.1, -0.05) is 29.8 Å². The molecule has 0 spiro atoms. The van der Waals surface area contributed by atoms with Crippen LogP contribution in [0, 0.1) is 0 Å². The van der Waals surface area contributed by atoms with E-state index in [0.717, 1.165) is 22.6 Å². The highest BCUT2D eigenvalue weighted by atomic mass is 35.5. The van der Waals surface area contributed by atoms with Crippen molar-refractivity contribution in [1.29, 1.82) is 0 Å². The molecule has 2 heterocycles. The van der Waals surface area contributed by atoms with Gasteiger partial charge in [0.2, 0.25) is 12.7 Å². The number of piperazine rings is 1. The maximum absolute atomic E-state index is 12.7. The molecule has 2 aromatic carbocycles. The topological polar surface area (TPSA) is 68.3 Å². The fourth-order valence-corrected chi connectivity index (χ4v) is 4.11. The third-order valence-corrected chi connectivity index (χ3v) is 5.96. The number of esters is 1. The van der Waals surface area contributed by atoms with E-state index in [2.05, 4.69) is 4.90 Å². The van der Waals surface area contributed by atoms with Gasteiger partial charge >= 0.3 is 5.97 Å². The first-order valence-corrected chi connectivity index (χ1v) is 10.7. The molecule has 0 radical (unpaired) electrons. The Kier molecular flexibility index (Phi) is 6.63. The van der Waals surface area contributed by atoms with Gasteiger partial charge in [0.05, 0.1) is 7.11 Å². The molecule has 0 saturated carbocycles. The number of ether oxygens (including phenoxy) is 3. The van der Waals surface area contributed by atoms with Gasteiger partial charge in [-0.15, -0.1) is 0 Å². The zero-order valence-electron chi connectivity index (χ0n) is 17.4. The van der Waals surface area contributed by atoms with E-state index in [4.69, 9.17) is 25.8 Å². The summed E-state index contributed by atoms with van der Waals surface area (Å²) in [6, 6.07) is 12.5. The number of hydrogen-bond donors (Lipinski definition) is 0. The van der Waals surface area contributed by atoms with Crippen LogP contribution in [-0.2, 0) is 20.7 Å². The average molecular weight is 445 g/mol. The maximum Gasteiger partial charge on any atom is 0.327 e. The van der Waals surface area contributed by atoms with Crippen LogP contribution in [0.3, 0.4) is 0 Å². The molecule has 0 aliphatic carbocycles. The molecule has 1 atom stereocenters. The van der Waals surface area contributed by atoms with Gasteiger partial charge in [0, 0.05) is 37.6 Å². The number of hydrogen-bond acceptors (Lipinski definition) is 6. The SMILES string of the molecule is COC(=O)C(c1ccc(Cl)cc1)N1CCN(C(=O)CCc2ccc3c(c2)OCO3)CC1. The summed E-state index contributed by atoms with van der Waals surface area (Å²) < 4.78 is 15.8. The molecular weight excluding hydrogens is 420 g/mol. The number of aryl methyl sites for hydroxylation is 1. The number of rotatable bonds is 6. The van der Waals surface area contributed by atoms with Gasteiger partial charge < -0.3 is 19.1 Å². The molecule has 31 heavy (non-hydrogen) atoms. The third-order valence-electron chi connectivity index (χ3n) is 5.71. The highest BCUT2D eigenvalue weighted by Gasteiger charge is 2.32. The Morgan fingerprint density at radius 2 is 1.74 bits per heavy atom. The maximum atomic E-state index is 12.7. The van der Waals surface area contributed by atoms with E-state index in [1.807, 2.05) is 35.2 Å². The summed E-state index contributed by atoms with van der Waals surface area (Å²) in [7, 11) is 1.39. The number of amides is 1. The van der Waals surface area contributed by atoms with Crippen LogP contribution in [0.4, 0.5) is 0 Å². The standard InChI is InChI=1S/C23H25ClN2O5/c1-29-23(28)22(17-4-6-18(24)7-5-17)26-12-10-25(11-13-26)21(27)9-3-16-2-8-19-20(14-16)31-15-30-19/h2,4-8,14,22H,3,9-13,15H2,1H3. The van der Waals surface area contributed by atoms with Gasteiger partial charge in [-0.05, 0) is 41.8 Å². The van der Waals surface area contributed by atoms with Crippen molar-refractivity contribution in [2.75, 3.05) is 40.1 Å². The van der Waals surface area contributed by atoms with Crippen LogP contribution in [0.1, 0.15) is 23.6 Å². The fraction of sp³-hybridized carbons (Fsp3) is 0.391. The molecule has 0 bridgehead atoms. The molecule has 2 aliphatic rings. The van der Waals surface area contributed by atoms with E-state index in [-0.39, 0.29) is 18.7 Å². The summed E-state index contributed by atoms with van der Waals surface area (Å²) in [4.78, 5) is 29.1. The lowest BCUT2D eigenvalue weighted by molar-refractivity contribution is -0.148. The molecule has 0 aromatic heterocycles. The van der Waals surface area contributed by atoms with E-state index < -0.39 is 6.04 Å². The molecule has 8 heteroatoms. The molecule has 1 unspecified atom stereocenters. The zero-order chi connectivity index (χ0) is 21.8. The molecule has 4 rings (SSSR count). The summed E-state index contributed by atoms with van der Waals surface area (Å²) in [5, 5.41) is 0.616. The Labute approximate surface area is 186 Å². The van der Waals surface area contributed by atoms with Gasteiger partial charge in [0.15, 0.2) is 11.5 Å². The average Bonchev–Trinajstić information content (AvgIpc) is 3.27. The fourth-order valence-electron chi connectivity index (χ4n) is 3.99. The number of fused-ring (bicyclic) bond motifs is 1.